The van der Waals surface area contributed by atoms with Crippen LogP contribution in [-0.2, 0) is 9.84 Å². The van der Waals surface area contributed by atoms with Crippen molar-refractivity contribution < 1.29 is 9.84 Å². The van der Waals surface area contributed by atoms with Crippen LogP contribution in [0.3, 0.4) is 0 Å². The van der Waals surface area contributed by atoms with E-state index in [2.05, 4.69) is 5.73 Å². The van der Waals surface area contributed by atoms with E-state index in [0.717, 1.165) is 0 Å². The number of ether oxygens (including phenoxy) is 1. The van der Waals surface area contributed by atoms with Crippen molar-refractivity contribution in [2.75, 3.05) is 6.61 Å². The molecule has 0 heterocycles. The van der Waals surface area contributed by atoms with Gasteiger partial charge in [0.15, 0.2) is 0 Å². The Morgan fingerprint density at radius 3 is 3.08 bits per heavy atom. The average Bonchev–Trinajstić information content (AvgIpc) is 2.18. The van der Waals surface area contributed by atoms with Gasteiger partial charge in [-0.3, -0.25) is 0 Å². The predicted molar refractivity (Wildman–Crippen MR) is 45.7 cm³/mol. The molecule has 3 heteroatoms. The maximum Gasteiger partial charge on any atom is 0.338 e. The molecule has 1 aliphatic rings. The molecule has 0 unspecified atom stereocenters. The second-order valence-electron chi connectivity index (χ2n) is 2.34. The lowest BCUT2D eigenvalue weighted by molar-refractivity contribution is 0.0578. The smallest absolute Gasteiger partial charge is 0.338 e. The number of nitrogens with zero attached hydrogens (tertiary/aromatic N) is 1. The normalized spacial score (nSPS) is 17.7. The number of hydrogen-bond acceptors (Lipinski definition) is 2. The zero-order valence-corrected chi connectivity index (χ0v) is 7.20. The highest BCUT2D eigenvalue weighted by atomic mass is 16.6. The molecular formula is C10H8NO2. The van der Waals surface area contributed by atoms with E-state index in [1.54, 1.807) is 6.92 Å². The Kier molecular flexibility index (Phi) is 2.97. The van der Waals surface area contributed by atoms with Crippen molar-refractivity contribution in [1.82, 2.24) is 0 Å². The van der Waals surface area contributed by atoms with Crippen molar-refractivity contribution in [2.45, 2.75) is 6.92 Å². The summed E-state index contributed by atoms with van der Waals surface area (Å²) in [5.41, 5.74) is 3.47. The molecular weight excluding hydrogens is 166 g/mol. The van der Waals surface area contributed by atoms with Gasteiger partial charge in [-0.05, 0) is 25.2 Å². The molecule has 1 radical (unpaired) electrons. The molecule has 0 saturated heterocycles. The van der Waals surface area contributed by atoms with Gasteiger partial charge in [-0.15, -0.1) is 5.73 Å². The van der Waals surface area contributed by atoms with Crippen molar-refractivity contribution in [3.63, 3.8) is 0 Å². The van der Waals surface area contributed by atoms with Crippen LogP contribution in [0.1, 0.15) is 6.92 Å². The van der Waals surface area contributed by atoms with Gasteiger partial charge in [-0.2, -0.15) is 5.26 Å². The van der Waals surface area contributed by atoms with Crippen LogP contribution in [0.4, 0.5) is 0 Å². The average molecular weight is 174 g/mol. The molecule has 3 nitrogen and oxygen atoms in total. The second kappa shape index (κ2) is 4.20. The van der Waals surface area contributed by atoms with Crippen LogP contribution in [0.25, 0.3) is 0 Å². The van der Waals surface area contributed by atoms with E-state index in [4.69, 9.17) is 10.00 Å². The first-order chi connectivity index (χ1) is 6.27. The quantitative estimate of drug-likeness (QED) is 0.473. The second-order valence-corrected chi connectivity index (χ2v) is 2.34. The molecule has 0 amide bonds. The number of allylic oxidation sites excluding steroid dienone is 4. The Hall–Kier alpha value is -1.91. The van der Waals surface area contributed by atoms with E-state index in [0.29, 0.717) is 17.8 Å². The van der Waals surface area contributed by atoms with Gasteiger partial charge in [-0.25, -0.2) is 5.11 Å². The van der Waals surface area contributed by atoms with Crippen LogP contribution >= 0.6 is 0 Å². The van der Waals surface area contributed by atoms with Gasteiger partial charge in [0.2, 0.25) is 0 Å². The van der Waals surface area contributed by atoms with Crippen molar-refractivity contribution >= 4 is 0 Å². The summed E-state index contributed by atoms with van der Waals surface area (Å²) >= 11 is 0. The van der Waals surface area contributed by atoms with Gasteiger partial charge in [0.25, 0.3) is 0 Å². The first kappa shape index (κ1) is 9.18. The molecule has 0 bridgehead atoms. The Morgan fingerprint density at radius 2 is 2.46 bits per heavy atom. The third kappa shape index (κ3) is 2.26. The van der Waals surface area contributed by atoms with Crippen molar-refractivity contribution in [1.29, 1.82) is 5.26 Å². The topological polar surface area (TPSA) is 52.9 Å². The fourth-order valence-corrected chi connectivity index (χ4v) is 0.869. The summed E-state index contributed by atoms with van der Waals surface area (Å²) in [4.78, 5) is 0. The van der Waals surface area contributed by atoms with Crippen molar-refractivity contribution in [3.05, 3.63) is 41.1 Å². The lowest BCUT2D eigenvalue weighted by Gasteiger charge is -2.01. The summed E-state index contributed by atoms with van der Waals surface area (Å²) in [6, 6.07) is 1.93. The third-order valence-electron chi connectivity index (χ3n) is 1.43. The van der Waals surface area contributed by atoms with Crippen LogP contribution in [0.5, 0.6) is 0 Å². The highest BCUT2D eigenvalue weighted by Crippen LogP contribution is 2.13. The van der Waals surface area contributed by atoms with Crippen molar-refractivity contribution in [3.8, 4) is 6.07 Å². The van der Waals surface area contributed by atoms with E-state index in [-0.39, 0.29) is 0 Å². The molecule has 0 atom stereocenters. The molecule has 0 aromatic carbocycles. The molecule has 0 N–H and O–H groups in total. The van der Waals surface area contributed by atoms with Crippen LogP contribution in [-0.4, -0.2) is 6.61 Å². The minimum Gasteiger partial charge on any atom is -0.462 e. The van der Waals surface area contributed by atoms with Crippen LogP contribution in [0.15, 0.2) is 41.1 Å². The first-order valence-corrected chi connectivity index (χ1v) is 3.86. The summed E-state index contributed by atoms with van der Waals surface area (Å²) in [7, 11) is 0. The summed E-state index contributed by atoms with van der Waals surface area (Å²) in [5.74, 6) is -0.421. The Balaban J connectivity index is 2.98. The minimum atomic E-state index is -0.421. The standard InChI is InChI=1S/C10H8NO2/c1-2-13-10(12)9-5-3-4-8(6-9)7-11/h4-6H,2H2,1H3. The third-order valence-corrected chi connectivity index (χ3v) is 1.43. The lowest BCUT2D eigenvalue weighted by Crippen LogP contribution is -1.93. The van der Waals surface area contributed by atoms with E-state index in [1.807, 2.05) is 6.07 Å². The molecule has 0 spiro atoms. The molecule has 0 fully saturated rings. The summed E-state index contributed by atoms with van der Waals surface area (Å²) < 4.78 is 4.76. The van der Waals surface area contributed by atoms with Gasteiger partial charge in [0.1, 0.15) is 0 Å². The van der Waals surface area contributed by atoms with Gasteiger partial charge in [-0.1, -0.05) is 0 Å². The highest BCUT2D eigenvalue weighted by Gasteiger charge is 2.06. The van der Waals surface area contributed by atoms with Crippen molar-refractivity contribution in [2.24, 2.45) is 0 Å². The highest BCUT2D eigenvalue weighted by molar-refractivity contribution is 5.47. The fraction of sp³-hybridized carbons (Fsp3) is 0.200. The maximum absolute atomic E-state index is 11.2. The fourth-order valence-electron chi connectivity index (χ4n) is 0.869. The van der Waals surface area contributed by atoms with E-state index >= 15 is 0 Å². The zero-order chi connectivity index (χ0) is 9.68. The molecule has 1 rings (SSSR count). The van der Waals surface area contributed by atoms with E-state index in [9.17, 15) is 5.11 Å². The monoisotopic (exact) mass is 174 g/mol. The molecule has 13 heavy (non-hydrogen) atoms. The number of nitriles is 1. The number of rotatable bonds is 2. The summed E-state index contributed by atoms with van der Waals surface area (Å²) in [5, 5.41) is 19.7. The molecule has 0 aliphatic heterocycles. The number of hydrogen-bond donors (Lipinski definition) is 0. The Morgan fingerprint density at radius 1 is 1.69 bits per heavy atom. The Bertz CT molecular complexity index is 363. The van der Waals surface area contributed by atoms with E-state index < -0.39 is 5.95 Å². The largest absolute Gasteiger partial charge is 0.462 e. The molecule has 0 saturated carbocycles. The van der Waals surface area contributed by atoms with Gasteiger partial charge in [0.05, 0.1) is 23.8 Å². The predicted octanol–water partition coefficient (Wildman–Crippen LogP) is 1.84. The molecule has 1 aliphatic carbocycles. The SMILES string of the molecule is CCOC([O])=C1C=C=CC(C#N)=C1. The minimum absolute atomic E-state index is 0.329. The Labute approximate surface area is 76.6 Å². The van der Waals surface area contributed by atoms with Crippen LogP contribution in [0, 0.1) is 11.3 Å². The van der Waals surface area contributed by atoms with Gasteiger partial charge >= 0.3 is 5.95 Å². The molecule has 0 aromatic rings. The molecule has 65 valence electrons. The zero-order valence-electron chi connectivity index (χ0n) is 7.20. The van der Waals surface area contributed by atoms with Crippen LogP contribution in [0.2, 0.25) is 0 Å². The van der Waals surface area contributed by atoms with Gasteiger partial charge in [0, 0.05) is 0 Å². The van der Waals surface area contributed by atoms with Gasteiger partial charge < -0.3 is 4.74 Å². The maximum atomic E-state index is 11.2. The van der Waals surface area contributed by atoms with E-state index in [1.165, 1.54) is 18.2 Å². The summed E-state index contributed by atoms with van der Waals surface area (Å²) in [6.07, 6.45) is 4.50. The lowest BCUT2D eigenvalue weighted by atomic mass is 10.1. The summed E-state index contributed by atoms with van der Waals surface area (Å²) in [6.45, 7) is 2.06. The molecule has 0 aromatic heterocycles. The van der Waals surface area contributed by atoms with Crippen LogP contribution < -0.4 is 0 Å². The first-order valence-electron chi connectivity index (χ1n) is 3.86.